The van der Waals surface area contributed by atoms with Crippen LogP contribution in [0.1, 0.15) is 17.5 Å². The molecule has 7 heteroatoms. The molecule has 0 aliphatic rings. The van der Waals surface area contributed by atoms with Gasteiger partial charge in [-0.05, 0) is 49.3 Å². The van der Waals surface area contributed by atoms with Crippen LogP contribution in [0.15, 0.2) is 48.5 Å². The molecule has 3 aromatic rings. The van der Waals surface area contributed by atoms with E-state index in [-0.39, 0.29) is 11.7 Å². The number of aromatic hydroxyl groups is 1. The number of rotatable bonds is 7. The summed E-state index contributed by atoms with van der Waals surface area (Å²) in [5.74, 6) is 0.918. The van der Waals surface area contributed by atoms with Crippen molar-refractivity contribution in [2.45, 2.75) is 26.3 Å². The van der Waals surface area contributed by atoms with Crippen molar-refractivity contribution in [2.24, 2.45) is 0 Å². The lowest BCUT2D eigenvalue weighted by molar-refractivity contribution is -0.121. The molecule has 1 aromatic heterocycles. The van der Waals surface area contributed by atoms with Gasteiger partial charge in [0.15, 0.2) is 10.6 Å². The largest absolute Gasteiger partial charge is 0.508 e. The van der Waals surface area contributed by atoms with Gasteiger partial charge in [-0.3, -0.25) is 14.5 Å². The molecule has 0 bridgehead atoms. The van der Waals surface area contributed by atoms with Crippen LogP contribution in [0.2, 0.25) is 0 Å². The highest BCUT2D eigenvalue weighted by atomic mass is 32.1. The van der Waals surface area contributed by atoms with E-state index in [0.717, 1.165) is 22.5 Å². The summed E-state index contributed by atoms with van der Waals surface area (Å²) >= 11 is 5.31. The maximum atomic E-state index is 12.2. The van der Waals surface area contributed by atoms with Crippen molar-refractivity contribution in [1.82, 2.24) is 20.1 Å². The number of carbonyl (C=O) groups excluding carboxylic acids is 1. The highest BCUT2D eigenvalue weighted by molar-refractivity contribution is 7.71. The van der Waals surface area contributed by atoms with Crippen molar-refractivity contribution in [3.63, 3.8) is 0 Å². The van der Waals surface area contributed by atoms with Gasteiger partial charge in [0.2, 0.25) is 5.91 Å². The number of hydrogen-bond donors (Lipinski definition) is 3. The Bertz CT molecular complexity index is 993. The molecule has 0 atom stereocenters. The van der Waals surface area contributed by atoms with Crippen LogP contribution in [0.5, 0.6) is 5.75 Å². The van der Waals surface area contributed by atoms with E-state index in [9.17, 15) is 9.90 Å². The van der Waals surface area contributed by atoms with Gasteiger partial charge in [0.25, 0.3) is 0 Å². The van der Waals surface area contributed by atoms with Crippen molar-refractivity contribution in [3.05, 3.63) is 64.4 Å². The van der Waals surface area contributed by atoms with Crippen LogP contribution < -0.4 is 5.32 Å². The molecule has 3 N–H and O–H groups in total. The van der Waals surface area contributed by atoms with Crippen LogP contribution in [-0.2, 0) is 17.8 Å². The fourth-order valence-electron chi connectivity index (χ4n) is 2.89. The minimum atomic E-state index is -0.0477. The predicted octanol–water partition coefficient (Wildman–Crippen LogP) is 3.37. The van der Waals surface area contributed by atoms with Gasteiger partial charge >= 0.3 is 0 Å². The van der Waals surface area contributed by atoms with E-state index in [0.29, 0.717) is 30.7 Å². The molecule has 0 fully saturated rings. The van der Waals surface area contributed by atoms with Crippen LogP contribution in [0, 0.1) is 11.7 Å². The molecular formula is C20H22N4O2S. The van der Waals surface area contributed by atoms with Gasteiger partial charge in [0.1, 0.15) is 5.75 Å². The molecule has 0 saturated heterocycles. The Morgan fingerprint density at radius 1 is 1.26 bits per heavy atom. The maximum absolute atomic E-state index is 12.2. The number of nitrogens with one attached hydrogen (secondary N) is 2. The Hall–Kier alpha value is -2.93. The van der Waals surface area contributed by atoms with Crippen molar-refractivity contribution < 1.29 is 9.90 Å². The Morgan fingerprint density at radius 2 is 2.07 bits per heavy atom. The maximum Gasteiger partial charge on any atom is 0.221 e. The minimum Gasteiger partial charge on any atom is -0.508 e. The number of hydrogen-bond acceptors (Lipinski definition) is 4. The van der Waals surface area contributed by atoms with Crippen molar-refractivity contribution >= 4 is 18.1 Å². The zero-order valence-electron chi connectivity index (χ0n) is 15.1. The summed E-state index contributed by atoms with van der Waals surface area (Å²) < 4.78 is 2.35. The highest BCUT2D eigenvalue weighted by Crippen LogP contribution is 2.18. The molecule has 0 aliphatic carbocycles. The standard InChI is InChI=1S/C20H22N4O2S/c1-14-4-2-6-16(12-14)19-22-23-20(27)24(19)11-9-18(26)21-10-8-15-5-3-7-17(25)13-15/h2-7,12-13,25H,8-11H2,1H3,(H,21,26)(H,23,27). The van der Waals surface area contributed by atoms with Crippen LogP contribution >= 0.6 is 12.2 Å². The predicted molar refractivity (Wildman–Crippen MR) is 107 cm³/mol. The number of phenols is 1. The van der Waals surface area contributed by atoms with Gasteiger partial charge < -0.3 is 10.4 Å². The molecule has 0 unspecified atom stereocenters. The Balaban J connectivity index is 1.56. The van der Waals surface area contributed by atoms with E-state index in [1.54, 1.807) is 18.2 Å². The minimum absolute atomic E-state index is 0.0477. The molecule has 140 valence electrons. The van der Waals surface area contributed by atoms with Gasteiger partial charge in [0.05, 0.1) is 0 Å². The first kappa shape index (κ1) is 18.8. The smallest absolute Gasteiger partial charge is 0.221 e. The van der Waals surface area contributed by atoms with Crippen LogP contribution in [0.4, 0.5) is 0 Å². The first-order valence-corrected chi connectivity index (χ1v) is 9.20. The first-order chi connectivity index (χ1) is 13.0. The Kier molecular flexibility index (Phi) is 6.03. The third-order valence-corrected chi connectivity index (χ3v) is 4.56. The number of phenolic OH excluding ortho intramolecular Hbond substituents is 1. The molecule has 27 heavy (non-hydrogen) atoms. The number of benzene rings is 2. The fourth-order valence-corrected chi connectivity index (χ4v) is 3.11. The number of nitrogens with zero attached hydrogens (tertiary/aromatic N) is 2. The monoisotopic (exact) mass is 382 g/mol. The first-order valence-electron chi connectivity index (χ1n) is 8.80. The molecule has 6 nitrogen and oxygen atoms in total. The highest BCUT2D eigenvalue weighted by Gasteiger charge is 2.11. The van der Waals surface area contributed by atoms with E-state index in [4.69, 9.17) is 12.2 Å². The number of carbonyl (C=O) groups is 1. The molecule has 0 radical (unpaired) electrons. The normalized spacial score (nSPS) is 10.7. The molecule has 0 aliphatic heterocycles. The number of aromatic amines is 1. The molecule has 1 amide bonds. The molecule has 2 aromatic carbocycles. The van der Waals surface area contributed by atoms with E-state index < -0.39 is 0 Å². The van der Waals surface area contributed by atoms with E-state index in [2.05, 4.69) is 15.5 Å². The zero-order valence-corrected chi connectivity index (χ0v) is 15.9. The second-order valence-corrected chi connectivity index (χ2v) is 6.78. The van der Waals surface area contributed by atoms with Crippen LogP contribution in [0.25, 0.3) is 11.4 Å². The van der Waals surface area contributed by atoms with Crippen molar-refractivity contribution in [2.75, 3.05) is 6.54 Å². The molecule has 1 heterocycles. The number of aromatic nitrogens is 3. The SMILES string of the molecule is Cc1cccc(-c2n[nH]c(=S)n2CCC(=O)NCCc2cccc(O)c2)c1. The summed E-state index contributed by atoms with van der Waals surface area (Å²) in [7, 11) is 0. The third-order valence-electron chi connectivity index (χ3n) is 4.24. The van der Waals surface area contributed by atoms with Gasteiger partial charge in [-0.25, -0.2) is 0 Å². The lowest BCUT2D eigenvalue weighted by Crippen LogP contribution is -2.26. The number of amides is 1. The average molecular weight is 382 g/mol. The van der Waals surface area contributed by atoms with Gasteiger partial charge in [-0.2, -0.15) is 5.10 Å². The number of aryl methyl sites for hydroxylation is 1. The molecule has 3 rings (SSSR count). The van der Waals surface area contributed by atoms with Crippen molar-refractivity contribution in [1.29, 1.82) is 0 Å². The second-order valence-electron chi connectivity index (χ2n) is 6.39. The summed E-state index contributed by atoms with van der Waals surface area (Å²) in [5.41, 5.74) is 3.08. The molecular weight excluding hydrogens is 360 g/mol. The third kappa shape index (κ3) is 5.04. The average Bonchev–Trinajstić information content (AvgIpc) is 3.01. The summed E-state index contributed by atoms with van der Waals surface area (Å²) in [6.07, 6.45) is 0.979. The lowest BCUT2D eigenvalue weighted by Gasteiger charge is -2.09. The Labute approximate surface area is 162 Å². The topological polar surface area (TPSA) is 82.9 Å². The molecule has 0 spiro atoms. The Morgan fingerprint density at radius 3 is 2.85 bits per heavy atom. The second kappa shape index (κ2) is 8.64. The summed E-state index contributed by atoms with van der Waals surface area (Å²) in [6, 6.07) is 15.1. The van der Waals surface area contributed by atoms with Gasteiger partial charge in [0, 0.05) is 25.1 Å². The van der Waals surface area contributed by atoms with E-state index >= 15 is 0 Å². The zero-order chi connectivity index (χ0) is 19.2. The summed E-state index contributed by atoms with van der Waals surface area (Å²) in [5, 5.41) is 19.5. The summed E-state index contributed by atoms with van der Waals surface area (Å²) in [4.78, 5) is 12.2. The lowest BCUT2D eigenvalue weighted by atomic mass is 10.1. The van der Waals surface area contributed by atoms with Crippen molar-refractivity contribution in [3.8, 4) is 17.1 Å². The van der Waals surface area contributed by atoms with Gasteiger partial charge in [-0.15, -0.1) is 0 Å². The van der Waals surface area contributed by atoms with Crippen LogP contribution in [0.3, 0.4) is 0 Å². The number of H-pyrrole nitrogens is 1. The molecule has 0 saturated carbocycles. The van der Waals surface area contributed by atoms with Gasteiger partial charge in [-0.1, -0.05) is 35.9 Å². The van der Waals surface area contributed by atoms with E-state index in [1.807, 2.05) is 41.8 Å². The van der Waals surface area contributed by atoms with E-state index in [1.165, 1.54) is 0 Å². The van der Waals surface area contributed by atoms with Crippen LogP contribution in [-0.4, -0.2) is 32.3 Å². The fraction of sp³-hybridized carbons (Fsp3) is 0.250. The quantitative estimate of drug-likeness (QED) is 0.547. The summed E-state index contributed by atoms with van der Waals surface area (Å²) in [6.45, 7) is 3.00.